The van der Waals surface area contributed by atoms with E-state index < -0.39 is 0 Å². The molecular weight excluding hydrogens is 263 g/mol. The molecule has 0 fully saturated rings. The molecule has 1 N–H and O–H groups in total. The normalized spacial score (nSPS) is 15.7. The van der Waals surface area contributed by atoms with Gasteiger partial charge in [0.05, 0.1) is 0 Å². The highest BCUT2D eigenvalue weighted by molar-refractivity contribution is 6.05. The van der Waals surface area contributed by atoms with E-state index in [-0.39, 0.29) is 12.4 Å². The number of fused-ring (bicyclic) bond motifs is 1. The molecule has 2 aromatic rings. The molecule has 0 bridgehead atoms. The van der Waals surface area contributed by atoms with E-state index in [2.05, 4.69) is 6.08 Å². The Morgan fingerprint density at radius 1 is 1.05 bits per heavy atom. The van der Waals surface area contributed by atoms with Crippen molar-refractivity contribution in [3.05, 3.63) is 76.6 Å². The van der Waals surface area contributed by atoms with Gasteiger partial charge in [-0.1, -0.05) is 36.4 Å². The van der Waals surface area contributed by atoms with Crippen molar-refractivity contribution < 1.29 is 9.50 Å². The Kier molecular flexibility index (Phi) is 3.72. The summed E-state index contributed by atoms with van der Waals surface area (Å²) in [5, 5.41) is 9.27. The van der Waals surface area contributed by atoms with Crippen LogP contribution in [0.5, 0.6) is 0 Å². The molecule has 0 spiro atoms. The molecule has 1 aliphatic rings. The molecule has 2 heteroatoms. The summed E-state index contributed by atoms with van der Waals surface area (Å²) in [5.74, 6) is -0.238. The average Bonchev–Trinajstić information content (AvgIpc) is 2.74. The largest absolute Gasteiger partial charge is 0.396 e. The summed E-state index contributed by atoms with van der Waals surface area (Å²) in [7, 11) is 0. The number of hydrogen-bond acceptors (Lipinski definition) is 1. The van der Waals surface area contributed by atoms with Crippen molar-refractivity contribution in [1.82, 2.24) is 0 Å². The van der Waals surface area contributed by atoms with Crippen LogP contribution in [0.1, 0.15) is 30.0 Å². The summed E-state index contributed by atoms with van der Waals surface area (Å²) in [6.07, 6.45) is 2.67. The number of allylic oxidation sites excluding steroid dienone is 2. The summed E-state index contributed by atoms with van der Waals surface area (Å²) in [4.78, 5) is 0. The third-order valence-electron chi connectivity index (χ3n) is 3.93. The molecule has 0 unspecified atom stereocenters. The molecule has 106 valence electrons. The molecule has 0 saturated heterocycles. The lowest BCUT2D eigenvalue weighted by Gasteiger charge is -2.04. The van der Waals surface area contributed by atoms with E-state index >= 15 is 0 Å². The van der Waals surface area contributed by atoms with Crippen LogP contribution >= 0.6 is 0 Å². The fourth-order valence-corrected chi connectivity index (χ4v) is 2.90. The van der Waals surface area contributed by atoms with Crippen LogP contribution < -0.4 is 0 Å². The molecule has 1 nitrogen and oxygen atoms in total. The predicted molar refractivity (Wildman–Crippen MR) is 85.0 cm³/mol. The molecule has 0 atom stereocenters. The van der Waals surface area contributed by atoms with Gasteiger partial charge in [0.2, 0.25) is 0 Å². The zero-order valence-corrected chi connectivity index (χ0v) is 11.9. The van der Waals surface area contributed by atoms with Crippen LogP contribution in [0.2, 0.25) is 0 Å². The van der Waals surface area contributed by atoms with Gasteiger partial charge >= 0.3 is 0 Å². The van der Waals surface area contributed by atoms with Crippen LogP contribution in [0.3, 0.4) is 0 Å². The lowest BCUT2D eigenvalue weighted by atomic mass is 10.0. The highest BCUT2D eigenvalue weighted by Crippen LogP contribution is 2.43. The van der Waals surface area contributed by atoms with Crippen molar-refractivity contribution >= 4 is 17.2 Å². The predicted octanol–water partition coefficient (Wildman–Crippen LogP) is 4.54. The van der Waals surface area contributed by atoms with Gasteiger partial charge in [0.1, 0.15) is 5.82 Å². The summed E-state index contributed by atoms with van der Waals surface area (Å²) in [6, 6.07) is 15.0. The molecule has 3 rings (SSSR count). The number of halogens is 1. The number of aliphatic hydroxyl groups is 1. The van der Waals surface area contributed by atoms with Crippen molar-refractivity contribution in [3.8, 4) is 0 Å². The summed E-state index contributed by atoms with van der Waals surface area (Å²) >= 11 is 0. The van der Waals surface area contributed by atoms with Crippen LogP contribution in [-0.2, 0) is 0 Å². The summed E-state index contributed by atoms with van der Waals surface area (Å²) in [5.41, 5.74) is 6.33. The first-order valence-corrected chi connectivity index (χ1v) is 7.08. The van der Waals surface area contributed by atoms with Gasteiger partial charge in [-0.3, -0.25) is 0 Å². The number of aliphatic hydroxyl groups excluding tert-OH is 1. The molecule has 0 saturated carbocycles. The molecule has 0 aromatic heterocycles. The van der Waals surface area contributed by atoms with Gasteiger partial charge in [-0.15, -0.1) is 0 Å². The maximum Gasteiger partial charge on any atom is 0.123 e. The number of hydrogen-bond donors (Lipinski definition) is 1. The summed E-state index contributed by atoms with van der Waals surface area (Å²) in [6.45, 7) is 2.11. The Morgan fingerprint density at radius 2 is 1.81 bits per heavy atom. The fourth-order valence-electron chi connectivity index (χ4n) is 2.90. The monoisotopic (exact) mass is 280 g/mol. The molecule has 21 heavy (non-hydrogen) atoms. The maximum atomic E-state index is 13.6. The minimum absolute atomic E-state index is 0.0707. The van der Waals surface area contributed by atoms with Crippen molar-refractivity contribution in [1.29, 1.82) is 0 Å². The van der Waals surface area contributed by atoms with E-state index in [1.165, 1.54) is 6.07 Å². The third-order valence-corrected chi connectivity index (χ3v) is 3.93. The Bertz CT molecular complexity index is 726. The minimum Gasteiger partial charge on any atom is -0.396 e. The van der Waals surface area contributed by atoms with Crippen LogP contribution in [0.25, 0.3) is 17.2 Å². The number of rotatable bonds is 3. The second-order valence-electron chi connectivity index (χ2n) is 5.24. The van der Waals surface area contributed by atoms with Crippen molar-refractivity contribution in [3.63, 3.8) is 0 Å². The van der Waals surface area contributed by atoms with Gasteiger partial charge in [0, 0.05) is 6.61 Å². The van der Waals surface area contributed by atoms with Gasteiger partial charge in [0.25, 0.3) is 0 Å². The highest BCUT2D eigenvalue weighted by atomic mass is 19.1. The van der Waals surface area contributed by atoms with E-state index in [1.807, 2.05) is 43.3 Å². The van der Waals surface area contributed by atoms with Crippen molar-refractivity contribution in [2.75, 3.05) is 6.61 Å². The molecule has 2 aromatic carbocycles. The minimum atomic E-state index is -0.238. The molecule has 0 aliphatic heterocycles. The molecule has 0 radical (unpaired) electrons. The first-order valence-electron chi connectivity index (χ1n) is 7.08. The van der Waals surface area contributed by atoms with E-state index in [0.717, 1.165) is 33.4 Å². The molecule has 0 amide bonds. The summed E-state index contributed by atoms with van der Waals surface area (Å²) < 4.78 is 13.6. The van der Waals surface area contributed by atoms with Crippen molar-refractivity contribution in [2.45, 2.75) is 13.3 Å². The lowest BCUT2D eigenvalue weighted by molar-refractivity contribution is 0.305. The second-order valence-corrected chi connectivity index (χ2v) is 5.24. The van der Waals surface area contributed by atoms with Crippen molar-refractivity contribution in [2.24, 2.45) is 0 Å². The van der Waals surface area contributed by atoms with Gasteiger partial charge in [-0.05, 0) is 65.0 Å². The maximum absolute atomic E-state index is 13.6. The zero-order chi connectivity index (χ0) is 14.8. The van der Waals surface area contributed by atoms with E-state index in [9.17, 15) is 9.50 Å². The fraction of sp³-hybridized carbons (Fsp3) is 0.158. The first-order chi connectivity index (χ1) is 10.2. The standard InChI is InChI=1S/C19H17FO/c1-13-16(9-10-21)19-12-15(20)7-8-17(19)18(13)11-14-5-3-2-4-6-14/h2-8,11-12,21H,9-10H2,1H3. The Morgan fingerprint density at radius 3 is 2.52 bits per heavy atom. The van der Waals surface area contributed by atoms with E-state index in [0.29, 0.717) is 6.42 Å². The lowest BCUT2D eigenvalue weighted by Crippen LogP contribution is -1.89. The molecule has 0 heterocycles. The molecular formula is C19H17FO. The smallest absolute Gasteiger partial charge is 0.123 e. The van der Waals surface area contributed by atoms with Gasteiger partial charge in [-0.2, -0.15) is 0 Å². The second kappa shape index (κ2) is 5.66. The Labute approximate surface area is 124 Å². The highest BCUT2D eigenvalue weighted by Gasteiger charge is 2.23. The van der Waals surface area contributed by atoms with E-state index in [1.54, 1.807) is 6.07 Å². The van der Waals surface area contributed by atoms with E-state index in [4.69, 9.17) is 0 Å². The van der Waals surface area contributed by atoms with Gasteiger partial charge < -0.3 is 5.11 Å². The van der Waals surface area contributed by atoms with Crippen LogP contribution in [0, 0.1) is 5.82 Å². The quantitative estimate of drug-likeness (QED) is 0.875. The third kappa shape index (κ3) is 2.55. The Hall–Kier alpha value is -2.19. The topological polar surface area (TPSA) is 20.2 Å². The molecule has 1 aliphatic carbocycles. The number of benzene rings is 2. The zero-order valence-electron chi connectivity index (χ0n) is 11.9. The average molecular weight is 280 g/mol. The van der Waals surface area contributed by atoms with Gasteiger partial charge in [0.15, 0.2) is 0 Å². The van der Waals surface area contributed by atoms with Crippen LogP contribution in [0.15, 0.2) is 54.1 Å². The van der Waals surface area contributed by atoms with Gasteiger partial charge in [-0.25, -0.2) is 4.39 Å². The van der Waals surface area contributed by atoms with Crippen LogP contribution in [-0.4, -0.2) is 11.7 Å². The SMILES string of the molecule is CC1=C(CCO)c2cc(F)ccc2C1=Cc1ccccc1. The Balaban J connectivity index is 2.16. The first kappa shape index (κ1) is 13.8. The van der Waals surface area contributed by atoms with Crippen LogP contribution in [0.4, 0.5) is 4.39 Å².